The van der Waals surface area contributed by atoms with Crippen LogP contribution in [0.5, 0.6) is 0 Å². The molecule has 2 aromatic heterocycles. The summed E-state index contributed by atoms with van der Waals surface area (Å²) in [6, 6.07) is 12.2. The lowest BCUT2D eigenvalue weighted by Gasteiger charge is -2.08. The Hall–Kier alpha value is -3.94. The summed E-state index contributed by atoms with van der Waals surface area (Å²) in [5, 5.41) is 4.11. The first-order chi connectivity index (χ1) is 15.4. The van der Waals surface area contributed by atoms with Crippen molar-refractivity contribution in [3.63, 3.8) is 0 Å². The van der Waals surface area contributed by atoms with Gasteiger partial charge in [0.2, 0.25) is 0 Å². The molecule has 8 heteroatoms. The largest absolute Gasteiger partial charge is 0.437 e. The van der Waals surface area contributed by atoms with Crippen molar-refractivity contribution in [2.45, 2.75) is 19.8 Å². The van der Waals surface area contributed by atoms with E-state index in [0.717, 1.165) is 33.6 Å². The molecule has 0 aliphatic rings. The Balaban J connectivity index is 1.61. The van der Waals surface area contributed by atoms with Gasteiger partial charge in [-0.25, -0.2) is 13.6 Å². The number of hydrogen-bond donors (Lipinski definition) is 0. The minimum atomic E-state index is -0.873. The molecule has 0 bridgehead atoms. The van der Waals surface area contributed by atoms with Gasteiger partial charge >= 0.3 is 5.76 Å². The van der Waals surface area contributed by atoms with Crippen LogP contribution < -0.4 is 5.76 Å². The second-order valence-electron chi connectivity index (χ2n) is 7.26. The van der Waals surface area contributed by atoms with E-state index < -0.39 is 28.7 Å². The molecule has 0 saturated carbocycles. The molecular formula is C24H19F2N3O3. The van der Waals surface area contributed by atoms with E-state index in [2.05, 4.69) is 10.1 Å². The quantitative estimate of drug-likeness (QED) is 0.421. The van der Waals surface area contributed by atoms with E-state index in [4.69, 9.17) is 4.42 Å². The average Bonchev–Trinajstić information content (AvgIpc) is 3.12. The smallest absolute Gasteiger partial charge is 0.388 e. The summed E-state index contributed by atoms with van der Waals surface area (Å²) in [6.07, 6.45) is 2.21. The maximum absolute atomic E-state index is 13.9. The van der Waals surface area contributed by atoms with Crippen molar-refractivity contribution >= 4 is 5.78 Å². The van der Waals surface area contributed by atoms with Crippen molar-refractivity contribution < 1.29 is 18.0 Å². The molecule has 162 valence electrons. The Morgan fingerprint density at radius 2 is 1.75 bits per heavy atom. The zero-order chi connectivity index (χ0) is 22.8. The highest BCUT2D eigenvalue weighted by molar-refractivity contribution is 5.98. The number of pyridine rings is 1. The van der Waals surface area contributed by atoms with E-state index in [0.29, 0.717) is 17.5 Å². The molecule has 2 aromatic carbocycles. The van der Waals surface area contributed by atoms with Crippen LogP contribution in [0.2, 0.25) is 0 Å². The SMILES string of the molecule is CCc1ncc(-c2ccc(CC(=O)c3c(F)cccc3F)cc2)cc1-c1nn(C)c(=O)o1. The monoisotopic (exact) mass is 435 g/mol. The Kier molecular flexibility index (Phi) is 5.77. The molecule has 4 aromatic rings. The molecule has 4 rings (SSSR count). The second kappa shape index (κ2) is 8.66. The number of carbonyl (C=O) groups excluding carboxylic acids is 1. The van der Waals surface area contributed by atoms with E-state index in [1.54, 1.807) is 30.5 Å². The fourth-order valence-electron chi connectivity index (χ4n) is 3.43. The molecule has 0 spiro atoms. The molecule has 0 aliphatic heterocycles. The summed E-state index contributed by atoms with van der Waals surface area (Å²) in [4.78, 5) is 28.5. The van der Waals surface area contributed by atoms with Gasteiger partial charge in [-0.15, -0.1) is 5.10 Å². The zero-order valence-corrected chi connectivity index (χ0v) is 17.4. The number of aromatic nitrogens is 3. The minimum absolute atomic E-state index is 0.129. The highest BCUT2D eigenvalue weighted by atomic mass is 19.1. The molecule has 32 heavy (non-hydrogen) atoms. The van der Waals surface area contributed by atoms with E-state index in [9.17, 15) is 18.4 Å². The van der Waals surface area contributed by atoms with Crippen LogP contribution in [0.15, 0.2) is 63.9 Å². The lowest BCUT2D eigenvalue weighted by Crippen LogP contribution is -2.09. The zero-order valence-electron chi connectivity index (χ0n) is 17.4. The number of carbonyl (C=O) groups is 1. The first-order valence-electron chi connectivity index (χ1n) is 9.97. The minimum Gasteiger partial charge on any atom is -0.388 e. The van der Waals surface area contributed by atoms with Crippen LogP contribution >= 0.6 is 0 Å². The van der Waals surface area contributed by atoms with Gasteiger partial charge in [-0.3, -0.25) is 9.78 Å². The van der Waals surface area contributed by atoms with Gasteiger partial charge in [0.1, 0.15) is 11.6 Å². The van der Waals surface area contributed by atoms with E-state index in [1.165, 1.54) is 13.1 Å². The van der Waals surface area contributed by atoms with Crippen LogP contribution in [-0.4, -0.2) is 20.5 Å². The van der Waals surface area contributed by atoms with Crippen LogP contribution in [0.3, 0.4) is 0 Å². The van der Waals surface area contributed by atoms with Gasteiger partial charge in [-0.2, -0.15) is 4.68 Å². The second-order valence-corrected chi connectivity index (χ2v) is 7.26. The molecule has 0 radical (unpaired) electrons. The maximum atomic E-state index is 13.9. The molecule has 0 aliphatic carbocycles. The third kappa shape index (κ3) is 4.12. The Morgan fingerprint density at radius 3 is 2.34 bits per heavy atom. The number of aryl methyl sites for hydroxylation is 2. The standard InChI is InChI=1S/C24H19F2N3O3/c1-3-20-17(23-28-29(2)24(31)32-23)12-16(13-27-20)15-9-7-14(8-10-15)11-21(30)22-18(25)5-4-6-19(22)26/h4-10,12-13H,3,11H2,1-2H3. The molecule has 0 saturated heterocycles. The lowest BCUT2D eigenvalue weighted by molar-refractivity contribution is 0.0985. The average molecular weight is 435 g/mol. The molecular weight excluding hydrogens is 416 g/mol. The molecule has 0 unspecified atom stereocenters. The predicted molar refractivity (Wildman–Crippen MR) is 114 cm³/mol. The highest BCUT2D eigenvalue weighted by Crippen LogP contribution is 2.27. The van der Waals surface area contributed by atoms with Gasteiger partial charge in [-0.1, -0.05) is 37.3 Å². The molecule has 0 atom stereocenters. The predicted octanol–water partition coefficient (Wildman–Crippen LogP) is 4.37. The lowest BCUT2D eigenvalue weighted by atomic mass is 9.98. The Bertz CT molecular complexity index is 1340. The Morgan fingerprint density at radius 1 is 1.06 bits per heavy atom. The molecule has 0 fully saturated rings. The van der Waals surface area contributed by atoms with Crippen molar-refractivity contribution in [1.29, 1.82) is 0 Å². The third-order valence-corrected chi connectivity index (χ3v) is 5.12. The van der Waals surface area contributed by atoms with Crippen LogP contribution in [-0.2, 0) is 19.9 Å². The van der Waals surface area contributed by atoms with Crippen molar-refractivity contribution in [3.8, 4) is 22.6 Å². The first-order valence-corrected chi connectivity index (χ1v) is 9.97. The summed E-state index contributed by atoms with van der Waals surface area (Å²) in [6.45, 7) is 1.94. The topological polar surface area (TPSA) is 78.0 Å². The van der Waals surface area contributed by atoms with Gasteiger partial charge in [0.15, 0.2) is 5.78 Å². The van der Waals surface area contributed by atoms with Gasteiger partial charge in [-0.05, 0) is 35.7 Å². The highest BCUT2D eigenvalue weighted by Gasteiger charge is 2.18. The number of Topliss-reactive ketones (excluding diaryl/α,β-unsaturated/α-hetero) is 1. The summed E-state index contributed by atoms with van der Waals surface area (Å²) in [5.74, 6) is -2.75. The van der Waals surface area contributed by atoms with Crippen LogP contribution in [0, 0.1) is 11.6 Å². The summed E-state index contributed by atoms with van der Waals surface area (Å²) >= 11 is 0. The van der Waals surface area contributed by atoms with Gasteiger partial charge in [0.25, 0.3) is 5.89 Å². The normalized spacial score (nSPS) is 11.0. The van der Waals surface area contributed by atoms with Crippen molar-refractivity contribution in [3.05, 3.63) is 93.7 Å². The summed E-state index contributed by atoms with van der Waals surface area (Å²) in [5.41, 5.74) is 3.03. The van der Waals surface area contributed by atoms with E-state index in [-0.39, 0.29) is 12.3 Å². The number of rotatable bonds is 6. The van der Waals surface area contributed by atoms with Crippen LogP contribution in [0.1, 0.15) is 28.5 Å². The van der Waals surface area contributed by atoms with Gasteiger partial charge < -0.3 is 4.42 Å². The van der Waals surface area contributed by atoms with Gasteiger partial charge in [0.05, 0.1) is 16.8 Å². The van der Waals surface area contributed by atoms with Gasteiger partial charge in [0, 0.05) is 25.2 Å². The number of halogens is 2. The molecule has 2 heterocycles. The van der Waals surface area contributed by atoms with E-state index in [1.807, 2.05) is 13.0 Å². The summed E-state index contributed by atoms with van der Waals surface area (Å²) in [7, 11) is 1.51. The number of ketones is 1. The maximum Gasteiger partial charge on any atom is 0.437 e. The summed E-state index contributed by atoms with van der Waals surface area (Å²) < 4.78 is 34.0. The van der Waals surface area contributed by atoms with E-state index >= 15 is 0 Å². The number of nitrogens with zero attached hydrogens (tertiary/aromatic N) is 3. The van der Waals surface area contributed by atoms with Crippen molar-refractivity contribution in [2.75, 3.05) is 0 Å². The molecule has 6 nitrogen and oxygen atoms in total. The Labute approximate surface area is 182 Å². The molecule has 0 amide bonds. The number of hydrogen-bond acceptors (Lipinski definition) is 5. The van der Waals surface area contributed by atoms with Crippen LogP contribution in [0.4, 0.5) is 8.78 Å². The fraction of sp³-hybridized carbons (Fsp3) is 0.167. The van der Waals surface area contributed by atoms with Crippen LogP contribution in [0.25, 0.3) is 22.6 Å². The fourth-order valence-corrected chi connectivity index (χ4v) is 3.43. The molecule has 0 N–H and O–H groups in total. The van der Waals surface area contributed by atoms with Crippen molar-refractivity contribution in [1.82, 2.24) is 14.8 Å². The third-order valence-electron chi connectivity index (χ3n) is 5.12. The van der Waals surface area contributed by atoms with Crippen molar-refractivity contribution in [2.24, 2.45) is 7.05 Å². The first kappa shape index (κ1) is 21.3. The number of benzene rings is 2.